The van der Waals surface area contributed by atoms with Crippen LogP contribution in [0.2, 0.25) is 0 Å². The van der Waals surface area contributed by atoms with E-state index in [4.69, 9.17) is 4.74 Å². The monoisotopic (exact) mass is 219 g/mol. The van der Waals surface area contributed by atoms with Crippen LogP contribution in [0.25, 0.3) is 0 Å². The second kappa shape index (κ2) is 5.27. The lowest BCUT2D eigenvalue weighted by atomic mass is 10.2. The maximum absolute atomic E-state index is 5.60. The predicted octanol–water partition coefficient (Wildman–Crippen LogP) is 2.64. The highest BCUT2D eigenvalue weighted by Crippen LogP contribution is 2.22. The molecule has 0 fully saturated rings. The minimum absolute atomic E-state index is 0.00874. The van der Waals surface area contributed by atoms with Gasteiger partial charge in [-0.3, -0.25) is 4.99 Å². The summed E-state index contributed by atoms with van der Waals surface area (Å²) in [5.74, 6) is 2.17. The molecule has 1 aliphatic heterocycles. The maximum atomic E-state index is 5.60. The van der Waals surface area contributed by atoms with Crippen LogP contribution in [-0.4, -0.2) is 34.6 Å². The fourth-order valence-corrected chi connectivity index (χ4v) is 2.78. The lowest BCUT2D eigenvalue weighted by molar-refractivity contribution is 0.00701. The van der Waals surface area contributed by atoms with E-state index in [0.29, 0.717) is 0 Å². The minimum atomic E-state index is -0.00874. The first-order chi connectivity index (χ1) is 6.08. The van der Waals surface area contributed by atoms with Gasteiger partial charge in [0.15, 0.2) is 0 Å². The summed E-state index contributed by atoms with van der Waals surface area (Å²) in [6.45, 7) is 8.05. The van der Waals surface area contributed by atoms with Gasteiger partial charge in [-0.15, -0.1) is 0 Å². The van der Waals surface area contributed by atoms with Crippen LogP contribution in [0.3, 0.4) is 0 Å². The summed E-state index contributed by atoms with van der Waals surface area (Å²) < 4.78 is 6.84. The molecule has 0 amide bonds. The molecule has 1 aliphatic rings. The number of hydrogen-bond donors (Lipinski definition) is 0. The highest BCUT2D eigenvalue weighted by Gasteiger charge is 2.11. The zero-order valence-electron chi connectivity index (χ0n) is 8.50. The van der Waals surface area contributed by atoms with Crippen molar-refractivity contribution in [3.63, 3.8) is 0 Å². The van der Waals surface area contributed by atoms with Gasteiger partial charge in [0.2, 0.25) is 0 Å². The maximum Gasteiger partial charge on any atom is 0.124 e. The average Bonchev–Trinajstić information content (AvgIpc) is 2.48. The molecule has 13 heavy (non-hydrogen) atoms. The van der Waals surface area contributed by atoms with Crippen LogP contribution in [0.15, 0.2) is 4.99 Å². The fourth-order valence-electron chi connectivity index (χ4n) is 0.880. The van der Waals surface area contributed by atoms with Gasteiger partial charge in [0.05, 0.1) is 18.8 Å². The molecule has 0 bridgehead atoms. The van der Waals surface area contributed by atoms with Gasteiger partial charge < -0.3 is 4.74 Å². The number of nitrogens with zero attached hydrogens (tertiary/aromatic N) is 1. The highest BCUT2D eigenvalue weighted by atomic mass is 32.2. The summed E-state index contributed by atoms with van der Waals surface area (Å²) in [5, 5.41) is 0. The molecule has 0 radical (unpaired) electrons. The number of ether oxygens (including phenoxy) is 1. The van der Waals surface area contributed by atoms with E-state index < -0.39 is 0 Å². The molecule has 0 saturated carbocycles. The van der Waals surface area contributed by atoms with Gasteiger partial charge >= 0.3 is 0 Å². The van der Waals surface area contributed by atoms with Crippen LogP contribution in [0.1, 0.15) is 20.8 Å². The Kier molecular flexibility index (Phi) is 4.62. The first kappa shape index (κ1) is 11.4. The van der Waals surface area contributed by atoms with Crippen molar-refractivity contribution in [2.75, 3.05) is 24.7 Å². The molecule has 0 aromatic carbocycles. The third-order valence-corrected chi connectivity index (χ3v) is 3.62. The Hall–Kier alpha value is 0.330. The number of aliphatic imine (C=N–C) groups is 1. The van der Waals surface area contributed by atoms with E-state index in [-0.39, 0.29) is 5.60 Å². The molecule has 76 valence electrons. The second-order valence-electron chi connectivity index (χ2n) is 3.81. The summed E-state index contributed by atoms with van der Waals surface area (Å²) >= 11 is 3.67. The van der Waals surface area contributed by atoms with Gasteiger partial charge in [0.25, 0.3) is 0 Å². The van der Waals surface area contributed by atoms with Gasteiger partial charge in [0.1, 0.15) is 4.38 Å². The van der Waals surface area contributed by atoms with Crippen LogP contribution in [0.4, 0.5) is 0 Å². The Morgan fingerprint density at radius 1 is 1.54 bits per heavy atom. The number of hydrogen-bond acceptors (Lipinski definition) is 4. The van der Waals surface area contributed by atoms with E-state index in [9.17, 15) is 0 Å². The second-order valence-corrected chi connectivity index (χ2v) is 6.23. The van der Waals surface area contributed by atoms with Gasteiger partial charge in [-0.1, -0.05) is 23.5 Å². The quantitative estimate of drug-likeness (QED) is 0.681. The van der Waals surface area contributed by atoms with E-state index >= 15 is 0 Å². The molecule has 0 unspecified atom stereocenters. The van der Waals surface area contributed by atoms with Crippen molar-refractivity contribution in [3.8, 4) is 0 Å². The molecule has 1 rings (SSSR count). The normalized spacial score (nSPS) is 17.6. The van der Waals surface area contributed by atoms with Crippen LogP contribution < -0.4 is 0 Å². The largest absolute Gasteiger partial charge is 0.375 e. The molecule has 0 saturated heterocycles. The molecule has 0 atom stereocenters. The molecule has 0 spiro atoms. The van der Waals surface area contributed by atoms with Crippen LogP contribution in [0, 0.1) is 0 Å². The fraction of sp³-hybridized carbons (Fsp3) is 0.889. The van der Waals surface area contributed by atoms with Crippen molar-refractivity contribution in [2.24, 2.45) is 4.99 Å². The van der Waals surface area contributed by atoms with Gasteiger partial charge in [-0.25, -0.2) is 0 Å². The Bertz CT molecular complexity index is 187. The van der Waals surface area contributed by atoms with E-state index in [1.165, 1.54) is 4.38 Å². The highest BCUT2D eigenvalue weighted by molar-refractivity contribution is 8.39. The van der Waals surface area contributed by atoms with Crippen LogP contribution in [-0.2, 0) is 4.74 Å². The molecular weight excluding hydrogens is 202 g/mol. The summed E-state index contributed by atoms with van der Waals surface area (Å²) in [5.41, 5.74) is -0.00874. The Labute approximate surface area is 88.9 Å². The van der Waals surface area contributed by atoms with Crippen LogP contribution >= 0.6 is 23.5 Å². The van der Waals surface area contributed by atoms with E-state index in [2.05, 4.69) is 25.8 Å². The minimum Gasteiger partial charge on any atom is -0.375 e. The topological polar surface area (TPSA) is 21.6 Å². The summed E-state index contributed by atoms with van der Waals surface area (Å²) in [6, 6.07) is 0. The molecule has 0 aromatic heterocycles. The first-order valence-corrected chi connectivity index (χ1v) is 6.49. The van der Waals surface area contributed by atoms with Crippen molar-refractivity contribution < 1.29 is 4.74 Å². The van der Waals surface area contributed by atoms with E-state index in [1.807, 2.05) is 23.5 Å². The summed E-state index contributed by atoms with van der Waals surface area (Å²) in [4.78, 5) is 4.36. The lowest BCUT2D eigenvalue weighted by Crippen LogP contribution is -2.20. The van der Waals surface area contributed by atoms with Crippen molar-refractivity contribution in [1.82, 2.24) is 0 Å². The molecule has 2 nitrogen and oxygen atoms in total. The lowest BCUT2D eigenvalue weighted by Gasteiger charge is -2.18. The van der Waals surface area contributed by atoms with Gasteiger partial charge in [0, 0.05) is 11.5 Å². The average molecular weight is 219 g/mol. The molecule has 4 heteroatoms. The van der Waals surface area contributed by atoms with Crippen LogP contribution in [0.5, 0.6) is 0 Å². The van der Waals surface area contributed by atoms with Gasteiger partial charge in [-0.05, 0) is 20.8 Å². The summed E-state index contributed by atoms with van der Waals surface area (Å²) in [7, 11) is 0. The molecular formula is C9H17NOS2. The molecule has 0 N–H and O–H groups in total. The smallest absolute Gasteiger partial charge is 0.124 e. The number of rotatable bonds is 3. The van der Waals surface area contributed by atoms with Crippen molar-refractivity contribution in [3.05, 3.63) is 0 Å². The van der Waals surface area contributed by atoms with Crippen molar-refractivity contribution in [2.45, 2.75) is 26.4 Å². The van der Waals surface area contributed by atoms with E-state index in [0.717, 1.165) is 24.7 Å². The Balaban J connectivity index is 2.01. The standard InChI is InChI=1S/C9H17NOS2/c1-9(2,3)11-5-7-13-8-10-4-6-12-8/h4-7H2,1-3H3. The molecule has 0 aliphatic carbocycles. The van der Waals surface area contributed by atoms with Crippen molar-refractivity contribution in [1.29, 1.82) is 0 Å². The Morgan fingerprint density at radius 2 is 2.31 bits per heavy atom. The summed E-state index contributed by atoms with van der Waals surface area (Å²) in [6.07, 6.45) is 0. The molecule has 0 aromatic rings. The number of thioether (sulfide) groups is 2. The zero-order chi connectivity index (χ0) is 9.73. The third kappa shape index (κ3) is 5.60. The zero-order valence-corrected chi connectivity index (χ0v) is 10.1. The Morgan fingerprint density at radius 3 is 2.85 bits per heavy atom. The van der Waals surface area contributed by atoms with Crippen molar-refractivity contribution >= 4 is 27.9 Å². The SMILES string of the molecule is CC(C)(C)OCCSC1=NCCS1. The third-order valence-electron chi connectivity index (χ3n) is 1.40. The van der Waals surface area contributed by atoms with E-state index in [1.54, 1.807) is 0 Å². The molecule has 1 heterocycles. The van der Waals surface area contributed by atoms with Gasteiger partial charge in [-0.2, -0.15) is 0 Å². The first-order valence-electron chi connectivity index (χ1n) is 4.52. The predicted molar refractivity (Wildman–Crippen MR) is 62.9 cm³/mol.